The van der Waals surface area contributed by atoms with Gasteiger partial charge in [0.05, 0.1) is 11.4 Å². The molecule has 4 heteroatoms. The van der Waals surface area contributed by atoms with Crippen molar-refractivity contribution in [2.45, 2.75) is 25.3 Å². The maximum absolute atomic E-state index is 13.1. The Morgan fingerprint density at radius 2 is 2.25 bits per heavy atom. The Balaban J connectivity index is 2.13. The fourth-order valence-electron chi connectivity index (χ4n) is 2.52. The Labute approximate surface area is 93.2 Å². The summed E-state index contributed by atoms with van der Waals surface area (Å²) in [6.45, 7) is 2.79. The van der Waals surface area contributed by atoms with Crippen molar-refractivity contribution in [2.24, 2.45) is 0 Å². The van der Waals surface area contributed by atoms with Gasteiger partial charge in [-0.2, -0.15) is 0 Å². The summed E-state index contributed by atoms with van der Waals surface area (Å²) >= 11 is 0. The third-order valence-electron chi connectivity index (χ3n) is 3.48. The van der Waals surface area contributed by atoms with Gasteiger partial charge in [0.25, 0.3) is 0 Å². The fraction of sp³-hybridized carbons (Fsp3) is 0.417. The van der Waals surface area contributed by atoms with Gasteiger partial charge >= 0.3 is 0 Å². The fourth-order valence-corrected chi connectivity index (χ4v) is 2.52. The van der Waals surface area contributed by atoms with Crippen LogP contribution in [0.4, 0.5) is 15.8 Å². The molecule has 0 atom stereocenters. The van der Waals surface area contributed by atoms with Crippen LogP contribution in [0, 0.1) is 5.82 Å². The first kappa shape index (κ1) is 9.63. The number of nitrogens with zero attached hydrogens (tertiary/aromatic N) is 1. The van der Waals surface area contributed by atoms with E-state index in [2.05, 4.69) is 10.2 Å². The number of hydrogen-bond donors (Lipinski definition) is 1. The highest BCUT2D eigenvalue weighted by molar-refractivity contribution is 6.08. The number of amides is 1. The van der Waals surface area contributed by atoms with Gasteiger partial charge in [0.15, 0.2) is 0 Å². The summed E-state index contributed by atoms with van der Waals surface area (Å²) in [5.41, 5.74) is 1.17. The van der Waals surface area contributed by atoms with Crippen molar-refractivity contribution in [1.29, 1.82) is 0 Å². The van der Waals surface area contributed by atoms with E-state index in [1.54, 1.807) is 6.07 Å². The van der Waals surface area contributed by atoms with E-state index in [1.165, 1.54) is 12.1 Å². The Hall–Kier alpha value is -1.58. The van der Waals surface area contributed by atoms with Crippen LogP contribution in [-0.4, -0.2) is 18.0 Å². The van der Waals surface area contributed by atoms with Crippen molar-refractivity contribution in [2.75, 3.05) is 16.8 Å². The van der Waals surface area contributed by atoms with Crippen molar-refractivity contribution in [1.82, 2.24) is 0 Å². The molecule has 1 spiro atoms. The number of fused-ring (bicyclic) bond motifs is 1. The highest BCUT2D eigenvalue weighted by Crippen LogP contribution is 2.49. The van der Waals surface area contributed by atoms with Crippen molar-refractivity contribution < 1.29 is 9.18 Å². The van der Waals surface area contributed by atoms with Crippen LogP contribution in [0.15, 0.2) is 18.2 Å². The number of likely N-dealkylation sites (N-methyl/N-ethyl adjacent to an activating group) is 1. The molecule has 0 unspecified atom stereocenters. The molecule has 1 aromatic carbocycles. The van der Waals surface area contributed by atoms with Gasteiger partial charge in [0.1, 0.15) is 11.4 Å². The molecular formula is C12H13FN2O. The molecule has 1 fully saturated rings. The van der Waals surface area contributed by atoms with Gasteiger partial charge in [-0.15, -0.1) is 0 Å². The van der Waals surface area contributed by atoms with Crippen LogP contribution in [0.1, 0.15) is 19.8 Å². The largest absolute Gasteiger partial charge is 0.356 e. The first-order valence-corrected chi connectivity index (χ1v) is 5.56. The molecule has 0 radical (unpaired) electrons. The number of benzene rings is 1. The Kier molecular flexibility index (Phi) is 1.79. The Morgan fingerprint density at radius 3 is 2.88 bits per heavy atom. The van der Waals surface area contributed by atoms with E-state index in [1.807, 2.05) is 6.92 Å². The lowest BCUT2D eigenvalue weighted by Gasteiger charge is -2.37. The Bertz CT molecular complexity index is 468. The summed E-state index contributed by atoms with van der Waals surface area (Å²) in [6, 6.07) is 4.56. The van der Waals surface area contributed by atoms with Gasteiger partial charge in [-0.1, -0.05) is 0 Å². The van der Waals surface area contributed by atoms with E-state index in [0.717, 1.165) is 25.1 Å². The number of carbonyl (C=O) groups excluding carboxylic acids is 1. The van der Waals surface area contributed by atoms with Gasteiger partial charge < -0.3 is 10.2 Å². The van der Waals surface area contributed by atoms with Crippen LogP contribution in [0.3, 0.4) is 0 Å². The standard InChI is InChI=1S/C12H13FN2O/c1-2-15-10-4-3-8(13)7-9(10)14-11(16)12(15)5-6-12/h3-4,7H,2,5-6H2,1H3,(H,14,16). The molecule has 1 amide bonds. The van der Waals surface area contributed by atoms with E-state index >= 15 is 0 Å². The maximum atomic E-state index is 13.1. The smallest absolute Gasteiger partial charge is 0.250 e. The van der Waals surface area contributed by atoms with Crippen LogP contribution >= 0.6 is 0 Å². The monoisotopic (exact) mass is 220 g/mol. The zero-order valence-electron chi connectivity index (χ0n) is 9.09. The van der Waals surface area contributed by atoms with Crippen molar-refractivity contribution in [3.8, 4) is 0 Å². The average molecular weight is 220 g/mol. The van der Waals surface area contributed by atoms with Gasteiger partial charge in [-0.05, 0) is 38.0 Å². The number of hydrogen-bond acceptors (Lipinski definition) is 2. The number of anilines is 2. The first-order chi connectivity index (χ1) is 7.67. The molecule has 0 bridgehead atoms. The molecule has 0 saturated heterocycles. The van der Waals surface area contributed by atoms with E-state index in [9.17, 15) is 9.18 Å². The van der Waals surface area contributed by atoms with E-state index in [0.29, 0.717) is 5.69 Å². The number of carbonyl (C=O) groups is 1. The van der Waals surface area contributed by atoms with Crippen LogP contribution in [0.25, 0.3) is 0 Å². The highest BCUT2D eigenvalue weighted by Gasteiger charge is 2.56. The van der Waals surface area contributed by atoms with Crippen LogP contribution < -0.4 is 10.2 Å². The molecule has 1 aliphatic heterocycles. The molecule has 2 aliphatic rings. The summed E-state index contributed by atoms with van der Waals surface area (Å²) in [6.07, 6.45) is 1.78. The van der Waals surface area contributed by atoms with Crippen LogP contribution in [-0.2, 0) is 4.79 Å². The second-order valence-corrected chi connectivity index (χ2v) is 4.39. The van der Waals surface area contributed by atoms with E-state index < -0.39 is 0 Å². The molecule has 1 aromatic rings. The summed E-state index contributed by atoms with van der Waals surface area (Å²) in [5, 5.41) is 2.80. The number of rotatable bonds is 1. The zero-order chi connectivity index (χ0) is 11.3. The molecule has 1 saturated carbocycles. The molecule has 3 rings (SSSR count). The first-order valence-electron chi connectivity index (χ1n) is 5.56. The van der Waals surface area contributed by atoms with E-state index in [4.69, 9.17) is 0 Å². The van der Waals surface area contributed by atoms with Gasteiger partial charge in [0, 0.05) is 6.54 Å². The molecular weight excluding hydrogens is 207 g/mol. The minimum atomic E-state index is -0.348. The molecule has 0 aromatic heterocycles. The number of halogens is 1. The minimum Gasteiger partial charge on any atom is -0.356 e. The normalized spacial score (nSPS) is 20.6. The van der Waals surface area contributed by atoms with Gasteiger partial charge in [-0.25, -0.2) is 4.39 Å². The summed E-state index contributed by atoms with van der Waals surface area (Å²) in [7, 11) is 0. The van der Waals surface area contributed by atoms with Gasteiger partial charge in [0.2, 0.25) is 5.91 Å². The van der Waals surface area contributed by atoms with Crippen molar-refractivity contribution in [3.05, 3.63) is 24.0 Å². The van der Waals surface area contributed by atoms with Crippen molar-refractivity contribution in [3.63, 3.8) is 0 Å². The van der Waals surface area contributed by atoms with Crippen LogP contribution in [0.2, 0.25) is 0 Å². The lowest BCUT2D eigenvalue weighted by Crippen LogP contribution is -2.50. The summed E-state index contributed by atoms with van der Waals surface area (Å²) in [5.74, 6) is -0.311. The topological polar surface area (TPSA) is 32.3 Å². The number of nitrogens with one attached hydrogen (secondary N) is 1. The zero-order valence-corrected chi connectivity index (χ0v) is 9.09. The van der Waals surface area contributed by atoms with Gasteiger partial charge in [-0.3, -0.25) is 4.79 Å². The Morgan fingerprint density at radius 1 is 1.50 bits per heavy atom. The molecule has 1 aliphatic carbocycles. The third-order valence-corrected chi connectivity index (χ3v) is 3.48. The molecule has 84 valence electrons. The minimum absolute atomic E-state index is 0.00690. The highest BCUT2D eigenvalue weighted by atomic mass is 19.1. The molecule has 1 N–H and O–H groups in total. The van der Waals surface area contributed by atoms with Crippen LogP contribution in [0.5, 0.6) is 0 Å². The molecule has 3 nitrogen and oxygen atoms in total. The third kappa shape index (κ3) is 1.10. The predicted octanol–water partition coefficient (Wildman–Crippen LogP) is 2.14. The second-order valence-electron chi connectivity index (χ2n) is 4.39. The van der Waals surface area contributed by atoms with Crippen molar-refractivity contribution >= 4 is 17.3 Å². The quantitative estimate of drug-likeness (QED) is 0.786. The molecule has 16 heavy (non-hydrogen) atoms. The summed E-state index contributed by atoms with van der Waals surface area (Å²) < 4.78 is 13.1. The summed E-state index contributed by atoms with van der Waals surface area (Å²) in [4.78, 5) is 14.0. The predicted molar refractivity (Wildman–Crippen MR) is 60.0 cm³/mol. The second kappa shape index (κ2) is 2.97. The van der Waals surface area contributed by atoms with E-state index in [-0.39, 0.29) is 17.3 Å². The maximum Gasteiger partial charge on any atom is 0.250 e. The lowest BCUT2D eigenvalue weighted by atomic mass is 10.1. The lowest BCUT2D eigenvalue weighted by molar-refractivity contribution is -0.118. The molecule has 1 heterocycles. The SMILES string of the molecule is CCN1c2ccc(F)cc2NC(=O)C12CC2. The average Bonchev–Trinajstić information content (AvgIpc) is 3.02.